The second-order valence-corrected chi connectivity index (χ2v) is 4.31. The van der Waals surface area contributed by atoms with Gasteiger partial charge in [-0.25, -0.2) is 4.68 Å². The lowest BCUT2D eigenvalue weighted by Gasteiger charge is -2.26. The smallest absolute Gasteiger partial charge is 0.0874 e. The summed E-state index contributed by atoms with van der Waals surface area (Å²) in [4.78, 5) is 0. The van der Waals surface area contributed by atoms with Crippen molar-refractivity contribution in [3.05, 3.63) is 11.4 Å². The van der Waals surface area contributed by atoms with E-state index in [9.17, 15) is 0 Å². The molecule has 0 atom stereocenters. The van der Waals surface area contributed by atoms with Crippen molar-refractivity contribution in [1.82, 2.24) is 15.0 Å². The summed E-state index contributed by atoms with van der Waals surface area (Å²) in [5, 5.41) is 8.50. The van der Waals surface area contributed by atoms with Gasteiger partial charge in [0.1, 0.15) is 0 Å². The number of rotatable bonds is 5. The van der Waals surface area contributed by atoms with E-state index >= 15 is 0 Å². The fourth-order valence-electron chi connectivity index (χ4n) is 2.18. The topological polar surface area (TPSA) is 56.7 Å². The van der Waals surface area contributed by atoms with Gasteiger partial charge >= 0.3 is 0 Å². The molecule has 0 unspecified atom stereocenters. The summed E-state index contributed by atoms with van der Waals surface area (Å²) in [6.07, 6.45) is 5.94. The second-order valence-electron chi connectivity index (χ2n) is 4.31. The van der Waals surface area contributed by atoms with Crippen LogP contribution >= 0.6 is 0 Å². The molecule has 84 valence electrons. The van der Waals surface area contributed by atoms with E-state index in [4.69, 9.17) is 5.73 Å². The van der Waals surface area contributed by atoms with Gasteiger partial charge in [0, 0.05) is 18.9 Å². The molecule has 2 rings (SSSR count). The minimum atomic E-state index is 0.671. The zero-order chi connectivity index (χ0) is 10.7. The highest BCUT2D eigenvalue weighted by Gasteiger charge is 2.26. The minimum Gasteiger partial charge on any atom is -0.330 e. The van der Waals surface area contributed by atoms with Crippen LogP contribution in [0.1, 0.15) is 49.9 Å². The lowest BCUT2D eigenvalue weighted by atomic mass is 9.81. The van der Waals surface area contributed by atoms with Gasteiger partial charge in [-0.2, -0.15) is 0 Å². The van der Waals surface area contributed by atoms with E-state index in [2.05, 4.69) is 21.9 Å². The quantitative estimate of drug-likeness (QED) is 0.797. The highest BCUT2D eigenvalue weighted by atomic mass is 15.4. The highest BCUT2D eigenvalue weighted by Crippen LogP contribution is 2.37. The fraction of sp³-hybridized carbons (Fsp3) is 0.818. The predicted molar refractivity (Wildman–Crippen MR) is 59.7 cm³/mol. The third kappa shape index (κ3) is 2.04. The number of aromatic nitrogens is 3. The Balaban J connectivity index is 2.22. The van der Waals surface area contributed by atoms with Crippen molar-refractivity contribution >= 4 is 0 Å². The van der Waals surface area contributed by atoms with Crippen molar-refractivity contribution in [3.63, 3.8) is 0 Å². The van der Waals surface area contributed by atoms with Gasteiger partial charge in [0.05, 0.1) is 11.4 Å². The molecule has 1 aromatic heterocycles. The Morgan fingerprint density at radius 2 is 2.27 bits per heavy atom. The molecular weight excluding hydrogens is 188 g/mol. The zero-order valence-electron chi connectivity index (χ0n) is 9.45. The molecule has 1 fully saturated rings. The first kappa shape index (κ1) is 10.6. The van der Waals surface area contributed by atoms with Crippen LogP contribution in [0, 0.1) is 0 Å². The van der Waals surface area contributed by atoms with Crippen LogP contribution in [-0.2, 0) is 13.0 Å². The van der Waals surface area contributed by atoms with Gasteiger partial charge in [0.25, 0.3) is 0 Å². The van der Waals surface area contributed by atoms with Crippen LogP contribution in [0.25, 0.3) is 0 Å². The summed E-state index contributed by atoms with van der Waals surface area (Å²) >= 11 is 0. The van der Waals surface area contributed by atoms with Crippen molar-refractivity contribution in [1.29, 1.82) is 0 Å². The van der Waals surface area contributed by atoms with Gasteiger partial charge in [-0.15, -0.1) is 5.10 Å². The molecule has 1 aromatic rings. The van der Waals surface area contributed by atoms with Crippen molar-refractivity contribution in [2.24, 2.45) is 5.73 Å². The van der Waals surface area contributed by atoms with E-state index in [1.165, 1.54) is 25.0 Å². The Hall–Kier alpha value is -0.900. The van der Waals surface area contributed by atoms with Gasteiger partial charge in [0.15, 0.2) is 0 Å². The normalized spacial score (nSPS) is 16.7. The van der Waals surface area contributed by atoms with E-state index in [0.29, 0.717) is 12.5 Å². The molecule has 0 spiro atoms. The van der Waals surface area contributed by atoms with Gasteiger partial charge in [-0.1, -0.05) is 18.6 Å². The van der Waals surface area contributed by atoms with Crippen molar-refractivity contribution < 1.29 is 0 Å². The number of nitrogens with zero attached hydrogens (tertiary/aromatic N) is 3. The first-order valence-electron chi connectivity index (χ1n) is 5.99. The molecule has 0 aliphatic heterocycles. The van der Waals surface area contributed by atoms with Crippen LogP contribution in [0.15, 0.2) is 0 Å². The molecule has 1 saturated carbocycles. The number of hydrogen-bond donors (Lipinski definition) is 1. The molecule has 0 radical (unpaired) electrons. The van der Waals surface area contributed by atoms with Crippen molar-refractivity contribution in [2.75, 3.05) is 6.54 Å². The summed E-state index contributed by atoms with van der Waals surface area (Å²) in [6, 6.07) is 0. The summed E-state index contributed by atoms with van der Waals surface area (Å²) in [5.74, 6) is 0.702. The number of hydrogen-bond acceptors (Lipinski definition) is 3. The molecule has 4 heteroatoms. The van der Waals surface area contributed by atoms with E-state index < -0.39 is 0 Å². The average molecular weight is 208 g/mol. The predicted octanol–water partition coefficient (Wildman–Crippen LogP) is 1.46. The van der Waals surface area contributed by atoms with Crippen LogP contribution < -0.4 is 5.73 Å². The van der Waals surface area contributed by atoms with Gasteiger partial charge in [-0.3, -0.25) is 0 Å². The molecule has 2 N–H and O–H groups in total. The van der Waals surface area contributed by atoms with Gasteiger partial charge in [0.2, 0.25) is 0 Å². The standard InChI is InChI=1S/C11H20N4/c1-2-8-15-11(9-4-3-5-9)10(6-7-12)13-14-15/h9H,2-8,12H2,1H3. The van der Waals surface area contributed by atoms with Crippen molar-refractivity contribution in [3.8, 4) is 0 Å². The molecule has 1 aliphatic rings. The third-order valence-corrected chi connectivity index (χ3v) is 3.16. The maximum atomic E-state index is 5.60. The summed E-state index contributed by atoms with van der Waals surface area (Å²) in [5.41, 5.74) is 8.10. The van der Waals surface area contributed by atoms with E-state index in [1.54, 1.807) is 0 Å². The molecule has 15 heavy (non-hydrogen) atoms. The monoisotopic (exact) mass is 208 g/mol. The molecule has 0 amide bonds. The molecule has 1 aliphatic carbocycles. The molecule has 0 bridgehead atoms. The fourth-order valence-corrected chi connectivity index (χ4v) is 2.18. The Morgan fingerprint density at radius 1 is 1.47 bits per heavy atom. The maximum absolute atomic E-state index is 5.60. The van der Waals surface area contributed by atoms with E-state index in [-0.39, 0.29) is 0 Å². The lowest BCUT2D eigenvalue weighted by Crippen LogP contribution is -2.17. The number of nitrogens with two attached hydrogens (primary N) is 1. The molecule has 4 nitrogen and oxygen atoms in total. The van der Waals surface area contributed by atoms with E-state index in [1.807, 2.05) is 0 Å². The summed E-state index contributed by atoms with van der Waals surface area (Å²) < 4.78 is 2.09. The Labute approximate surface area is 90.8 Å². The first-order valence-corrected chi connectivity index (χ1v) is 5.99. The second kappa shape index (κ2) is 4.75. The largest absolute Gasteiger partial charge is 0.330 e. The Kier molecular flexibility index (Phi) is 3.36. The molecular formula is C11H20N4. The van der Waals surface area contributed by atoms with Crippen LogP contribution in [0.4, 0.5) is 0 Å². The van der Waals surface area contributed by atoms with Crippen LogP contribution in [0.5, 0.6) is 0 Å². The SMILES string of the molecule is CCCn1nnc(CCN)c1C1CCC1. The Bertz CT molecular complexity index is 291. The highest BCUT2D eigenvalue weighted by molar-refractivity contribution is 5.18. The average Bonchev–Trinajstić information content (AvgIpc) is 2.50. The van der Waals surface area contributed by atoms with Gasteiger partial charge in [-0.05, 0) is 25.8 Å². The lowest BCUT2D eigenvalue weighted by molar-refractivity contribution is 0.384. The summed E-state index contributed by atoms with van der Waals surface area (Å²) in [7, 11) is 0. The van der Waals surface area contributed by atoms with Crippen LogP contribution in [0.2, 0.25) is 0 Å². The minimum absolute atomic E-state index is 0.671. The van der Waals surface area contributed by atoms with Gasteiger partial charge < -0.3 is 5.73 Å². The summed E-state index contributed by atoms with van der Waals surface area (Å²) in [6.45, 7) is 3.84. The Morgan fingerprint density at radius 3 is 2.80 bits per heavy atom. The zero-order valence-corrected chi connectivity index (χ0v) is 9.45. The number of aryl methyl sites for hydroxylation is 1. The van der Waals surface area contributed by atoms with Crippen LogP contribution in [-0.4, -0.2) is 21.5 Å². The first-order chi connectivity index (χ1) is 7.36. The molecule has 1 heterocycles. The molecule has 0 aromatic carbocycles. The van der Waals surface area contributed by atoms with Crippen LogP contribution in [0.3, 0.4) is 0 Å². The van der Waals surface area contributed by atoms with Crippen molar-refractivity contribution in [2.45, 2.75) is 51.5 Å². The van der Waals surface area contributed by atoms with E-state index in [0.717, 1.165) is 25.1 Å². The third-order valence-electron chi connectivity index (χ3n) is 3.16. The molecule has 0 saturated heterocycles. The maximum Gasteiger partial charge on any atom is 0.0874 e.